The molecule has 0 unspecified atom stereocenters. The predicted molar refractivity (Wildman–Crippen MR) is 161 cm³/mol. The summed E-state index contributed by atoms with van der Waals surface area (Å²) in [7, 11) is -4.12. The summed E-state index contributed by atoms with van der Waals surface area (Å²) in [4.78, 5) is 28.4. The molecule has 40 heavy (non-hydrogen) atoms. The highest BCUT2D eigenvalue weighted by Crippen LogP contribution is 2.27. The van der Waals surface area contributed by atoms with E-state index in [1.807, 2.05) is 39.8 Å². The third-order valence-electron chi connectivity index (χ3n) is 6.39. The van der Waals surface area contributed by atoms with Crippen LogP contribution in [-0.2, 0) is 26.2 Å². The Labute approximate surface area is 247 Å². The fourth-order valence-corrected chi connectivity index (χ4v) is 5.85. The van der Waals surface area contributed by atoms with Crippen LogP contribution >= 0.6 is 23.2 Å². The van der Waals surface area contributed by atoms with E-state index in [-0.39, 0.29) is 29.3 Å². The summed E-state index contributed by atoms with van der Waals surface area (Å²) < 4.78 is 28.8. The maximum absolute atomic E-state index is 13.9. The van der Waals surface area contributed by atoms with Crippen LogP contribution < -0.4 is 9.62 Å². The molecule has 3 rings (SSSR count). The zero-order valence-corrected chi connectivity index (χ0v) is 25.6. The van der Waals surface area contributed by atoms with Gasteiger partial charge >= 0.3 is 0 Å². The second-order valence-electron chi connectivity index (χ2n) is 10.2. The van der Waals surface area contributed by atoms with Gasteiger partial charge in [0.15, 0.2) is 0 Å². The monoisotopic (exact) mass is 603 g/mol. The molecule has 1 N–H and O–H groups in total. The number of sulfonamides is 1. The molecule has 0 aliphatic rings. The van der Waals surface area contributed by atoms with Crippen LogP contribution in [0.3, 0.4) is 0 Å². The van der Waals surface area contributed by atoms with Gasteiger partial charge in [0, 0.05) is 12.6 Å². The Balaban J connectivity index is 2.04. The van der Waals surface area contributed by atoms with Crippen LogP contribution in [0.25, 0.3) is 0 Å². The van der Waals surface area contributed by atoms with Crippen molar-refractivity contribution in [3.63, 3.8) is 0 Å². The molecule has 0 aliphatic heterocycles. The zero-order chi connectivity index (χ0) is 29.6. The van der Waals surface area contributed by atoms with E-state index in [2.05, 4.69) is 5.32 Å². The molecule has 0 saturated heterocycles. The van der Waals surface area contributed by atoms with Gasteiger partial charge in [-0.05, 0) is 74.2 Å². The summed E-state index contributed by atoms with van der Waals surface area (Å²) in [5.74, 6) is -0.663. The molecule has 1 atom stereocenters. The molecule has 214 valence electrons. The molecule has 2 amide bonds. The molecule has 0 fully saturated rings. The first-order chi connectivity index (χ1) is 18.8. The topological polar surface area (TPSA) is 86.8 Å². The molecule has 0 heterocycles. The summed E-state index contributed by atoms with van der Waals surface area (Å²) in [6.45, 7) is 8.85. The number of nitrogens with one attached hydrogen (secondary N) is 1. The Morgan fingerprint density at radius 3 is 2.02 bits per heavy atom. The standard InChI is InChI=1S/C30H35Cl2N3O4S/c1-20(2)24-12-14-25(15-13-24)35(40(38,39)26-9-7-6-8-10-26)19-29(36)34(22(5)30(37)33-21(3)4)18-23-11-16-27(31)28(32)17-23/h6-17,20-22H,18-19H2,1-5H3,(H,33,37)/t22-/m0/s1. The smallest absolute Gasteiger partial charge is 0.264 e. The lowest BCUT2D eigenvalue weighted by molar-refractivity contribution is -0.139. The first-order valence-electron chi connectivity index (χ1n) is 13.0. The quantitative estimate of drug-likeness (QED) is 0.280. The van der Waals surface area contributed by atoms with Crippen LogP contribution in [-0.4, -0.2) is 43.8 Å². The van der Waals surface area contributed by atoms with Crippen molar-refractivity contribution in [2.75, 3.05) is 10.8 Å². The number of anilines is 1. The molecular formula is C30H35Cl2N3O4S. The Bertz CT molecular complexity index is 1430. The first-order valence-corrected chi connectivity index (χ1v) is 15.2. The van der Waals surface area contributed by atoms with Crippen molar-refractivity contribution in [1.29, 1.82) is 0 Å². The molecule has 0 saturated carbocycles. The van der Waals surface area contributed by atoms with Gasteiger partial charge in [-0.25, -0.2) is 8.42 Å². The number of hydrogen-bond donors (Lipinski definition) is 1. The average Bonchev–Trinajstić information content (AvgIpc) is 2.91. The largest absolute Gasteiger partial charge is 0.352 e. The molecule has 0 aliphatic carbocycles. The van der Waals surface area contributed by atoms with Gasteiger partial charge in [0.2, 0.25) is 11.8 Å². The number of nitrogens with zero attached hydrogens (tertiary/aromatic N) is 2. The van der Waals surface area contributed by atoms with Crippen molar-refractivity contribution in [2.24, 2.45) is 0 Å². The van der Waals surface area contributed by atoms with E-state index >= 15 is 0 Å². The lowest BCUT2D eigenvalue weighted by Crippen LogP contribution is -2.52. The van der Waals surface area contributed by atoms with E-state index in [9.17, 15) is 18.0 Å². The molecule has 7 nitrogen and oxygen atoms in total. The number of carbonyl (C=O) groups excluding carboxylic acids is 2. The SMILES string of the molecule is CC(C)NC(=O)[C@H](C)N(Cc1ccc(Cl)c(Cl)c1)C(=O)CN(c1ccc(C(C)C)cc1)S(=O)(=O)c1ccccc1. The normalized spacial score (nSPS) is 12.3. The maximum atomic E-state index is 13.9. The zero-order valence-electron chi connectivity index (χ0n) is 23.3. The summed E-state index contributed by atoms with van der Waals surface area (Å²) in [6.07, 6.45) is 0. The number of halogens is 2. The lowest BCUT2D eigenvalue weighted by atomic mass is 10.0. The van der Waals surface area contributed by atoms with Crippen molar-refractivity contribution in [3.05, 3.63) is 94.0 Å². The van der Waals surface area contributed by atoms with Crippen molar-refractivity contribution in [1.82, 2.24) is 10.2 Å². The number of hydrogen-bond acceptors (Lipinski definition) is 4. The Morgan fingerprint density at radius 1 is 0.850 bits per heavy atom. The highest BCUT2D eigenvalue weighted by molar-refractivity contribution is 7.92. The summed E-state index contributed by atoms with van der Waals surface area (Å²) in [5.41, 5.74) is 2.02. The van der Waals surface area contributed by atoms with Crippen LogP contribution in [0.15, 0.2) is 77.7 Å². The van der Waals surface area contributed by atoms with E-state index in [4.69, 9.17) is 23.2 Å². The predicted octanol–water partition coefficient (Wildman–Crippen LogP) is 6.25. The number of benzene rings is 3. The van der Waals surface area contributed by atoms with Gasteiger partial charge in [0.1, 0.15) is 12.6 Å². The third kappa shape index (κ3) is 7.77. The van der Waals surface area contributed by atoms with Gasteiger partial charge in [-0.3, -0.25) is 13.9 Å². The number of amides is 2. The minimum atomic E-state index is -4.12. The number of carbonyl (C=O) groups is 2. The van der Waals surface area contributed by atoms with Gasteiger partial charge < -0.3 is 10.2 Å². The van der Waals surface area contributed by atoms with E-state index in [0.717, 1.165) is 9.87 Å². The van der Waals surface area contributed by atoms with Crippen LogP contribution in [0.2, 0.25) is 10.0 Å². The maximum Gasteiger partial charge on any atom is 0.264 e. The summed E-state index contributed by atoms with van der Waals surface area (Å²) in [6, 6.07) is 19.0. The van der Waals surface area contributed by atoms with Crippen molar-refractivity contribution >= 4 is 50.7 Å². The minimum Gasteiger partial charge on any atom is -0.352 e. The van der Waals surface area contributed by atoms with Gasteiger partial charge in [0.05, 0.1) is 20.6 Å². The average molecular weight is 605 g/mol. The van der Waals surface area contributed by atoms with E-state index in [0.29, 0.717) is 21.3 Å². The van der Waals surface area contributed by atoms with Crippen molar-refractivity contribution < 1.29 is 18.0 Å². The lowest BCUT2D eigenvalue weighted by Gasteiger charge is -2.32. The van der Waals surface area contributed by atoms with Gasteiger partial charge in [-0.1, -0.05) is 73.4 Å². The molecular weight excluding hydrogens is 569 g/mol. The highest BCUT2D eigenvalue weighted by Gasteiger charge is 2.32. The molecule has 0 bridgehead atoms. The molecule has 10 heteroatoms. The first kappa shape index (κ1) is 31.5. The molecule has 3 aromatic carbocycles. The third-order valence-corrected chi connectivity index (χ3v) is 8.92. The Morgan fingerprint density at radius 2 is 1.48 bits per heavy atom. The Hall–Kier alpha value is -3.07. The van der Waals surface area contributed by atoms with Gasteiger partial charge in [-0.2, -0.15) is 0 Å². The fraction of sp³-hybridized carbons (Fsp3) is 0.333. The van der Waals surface area contributed by atoms with Crippen LogP contribution in [0, 0.1) is 0 Å². The van der Waals surface area contributed by atoms with Crippen LogP contribution in [0.5, 0.6) is 0 Å². The van der Waals surface area contributed by atoms with E-state index in [1.165, 1.54) is 17.0 Å². The fourth-order valence-electron chi connectivity index (χ4n) is 4.10. The second-order valence-corrected chi connectivity index (χ2v) is 12.9. The van der Waals surface area contributed by atoms with Crippen LogP contribution in [0.1, 0.15) is 51.7 Å². The molecule has 0 spiro atoms. The van der Waals surface area contributed by atoms with Gasteiger partial charge in [0.25, 0.3) is 10.0 Å². The Kier molecular flexibility index (Phi) is 10.6. The second kappa shape index (κ2) is 13.5. The molecule has 3 aromatic rings. The number of rotatable bonds is 11. The highest BCUT2D eigenvalue weighted by atomic mass is 35.5. The minimum absolute atomic E-state index is 0.0217. The van der Waals surface area contributed by atoms with Crippen LogP contribution in [0.4, 0.5) is 5.69 Å². The van der Waals surface area contributed by atoms with Gasteiger partial charge in [-0.15, -0.1) is 0 Å². The summed E-state index contributed by atoms with van der Waals surface area (Å²) in [5, 5.41) is 3.50. The van der Waals surface area contributed by atoms with E-state index in [1.54, 1.807) is 55.5 Å². The van der Waals surface area contributed by atoms with Crippen molar-refractivity contribution in [3.8, 4) is 0 Å². The van der Waals surface area contributed by atoms with Crippen molar-refractivity contribution in [2.45, 2.75) is 64.1 Å². The van der Waals surface area contributed by atoms with E-state index < -0.39 is 28.5 Å². The molecule has 0 aromatic heterocycles. The molecule has 0 radical (unpaired) electrons. The summed E-state index contributed by atoms with van der Waals surface area (Å²) >= 11 is 12.3.